The van der Waals surface area contributed by atoms with Gasteiger partial charge in [0.05, 0.1) is 0 Å². The average Bonchev–Trinajstić information content (AvgIpc) is 3.32. The molecule has 6 bridgehead atoms. The van der Waals surface area contributed by atoms with E-state index in [-0.39, 0.29) is 0 Å². The standard InChI is InChI=1S/C21H33N/c1-4-16-7-13(1)10-19(16)22(20-11-14-2-5-17(20)8-14)21-12-15-3-6-18(21)9-15/h13-21H,1-12H2. The van der Waals surface area contributed by atoms with E-state index in [1.54, 1.807) is 77.0 Å². The first kappa shape index (κ1) is 13.3. The van der Waals surface area contributed by atoms with E-state index in [4.69, 9.17) is 0 Å². The predicted molar refractivity (Wildman–Crippen MR) is 89.5 cm³/mol. The van der Waals surface area contributed by atoms with Gasteiger partial charge in [0.2, 0.25) is 0 Å². The van der Waals surface area contributed by atoms with Crippen LogP contribution < -0.4 is 0 Å². The summed E-state index contributed by atoms with van der Waals surface area (Å²) >= 11 is 0. The fourth-order valence-electron chi connectivity index (χ4n) is 8.47. The van der Waals surface area contributed by atoms with Crippen LogP contribution in [0.4, 0.5) is 0 Å². The van der Waals surface area contributed by atoms with Crippen molar-refractivity contribution in [3.63, 3.8) is 0 Å². The Bertz CT molecular complexity index is 392. The summed E-state index contributed by atoms with van der Waals surface area (Å²) in [5, 5.41) is 0. The molecule has 0 heterocycles. The zero-order chi connectivity index (χ0) is 14.3. The maximum absolute atomic E-state index is 3.26. The molecule has 0 aromatic carbocycles. The zero-order valence-corrected chi connectivity index (χ0v) is 14.1. The quantitative estimate of drug-likeness (QED) is 0.720. The first-order chi connectivity index (χ1) is 10.8. The van der Waals surface area contributed by atoms with Gasteiger partial charge in [0.1, 0.15) is 0 Å². The molecule has 122 valence electrons. The fraction of sp³-hybridized carbons (Fsp3) is 1.00. The first-order valence-electron chi connectivity index (χ1n) is 10.6. The molecule has 0 amide bonds. The van der Waals surface area contributed by atoms with Crippen molar-refractivity contribution in [3.8, 4) is 0 Å². The molecule has 6 saturated carbocycles. The highest BCUT2D eigenvalue weighted by atomic mass is 15.2. The van der Waals surface area contributed by atoms with Crippen LogP contribution in [0.2, 0.25) is 0 Å². The van der Waals surface area contributed by atoms with Crippen molar-refractivity contribution >= 4 is 0 Å². The number of fused-ring (bicyclic) bond motifs is 6. The van der Waals surface area contributed by atoms with Gasteiger partial charge in [-0.05, 0) is 93.3 Å². The molecule has 0 aromatic rings. The van der Waals surface area contributed by atoms with Gasteiger partial charge in [-0.2, -0.15) is 0 Å². The van der Waals surface area contributed by atoms with Gasteiger partial charge in [-0.25, -0.2) is 0 Å². The molecular formula is C21H33N. The summed E-state index contributed by atoms with van der Waals surface area (Å²) in [6.45, 7) is 0. The molecule has 6 aliphatic carbocycles. The molecule has 0 aromatic heterocycles. The van der Waals surface area contributed by atoms with Gasteiger partial charge in [-0.15, -0.1) is 0 Å². The highest BCUT2D eigenvalue weighted by Gasteiger charge is 2.54. The first-order valence-corrected chi connectivity index (χ1v) is 10.6. The largest absolute Gasteiger partial charge is 0.294 e. The Balaban J connectivity index is 1.32. The minimum absolute atomic E-state index is 1.02. The molecule has 0 saturated heterocycles. The molecule has 9 unspecified atom stereocenters. The van der Waals surface area contributed by atoms with E-state index < -0.39 is 0 Å². The van der Waals surface area contributed by atoms with Gasteiger partial charge in [-0.3, -0.25) is 4.90 Å². The van der Waals surface area contributed by atoms with Gasteiger partial charge in [0, 0.05) is 18.1 Å². The Kier molecular flexibility index (Phi) is 2.86. The minimum atomic E-state index is 1.02. The lowest BCUT2D eigenvalue weighted by Crippen LogP contribution is -2.54. The van der Waals surface area contributed by atoms with Crippen LogP contribution in [0.15, 0.2) is 0 Å². The van der Waals surface area contributed by atoms with Gasteiger partial charge >= 0.3 is 0 Å². The molecule has 0 spiro atoms. The lowest BCUT2D eigenvalue weighted by Gasteiger charge is -2.48. The van der Waals surface area contributed by atoms with Gasteiger partial charge in [-0.1, -0.05) is 19.3 Å². The molecule has 1 heteroatoms. The number of rotatable bonds is 3. The van der Waals surface area contributed by atoms with Crippen LogP contribution in [0, 0.1) is 35.5 Å². The third-order valence-electron chi connectivity index (χ3n) is 9.25. The summed E-state index contributed by atoms with van der Waals surface area (Å²) in [5.41, 5.74) is 0. The number of hydrogen-bond acceptors (Lipinski definition) is 1. The van der Waals surface area contributed by atoms with Crippen LogP contribution in [0.5, 0.6) is 0 Å². The molecule has 0 radical (unpaired) electrons. The Hall–Kier alpha value is -0.0400. The van der Waals surface area contributed by atoms with Crippen LogP contribution >= 0.6 is 0 Å². The molecule has 0 N–H and O–H groups in total. The minimum Gasteiger partial charge on any atom is -0.294 e. The third-order valence-corrected chi connectivity index (χ3v) is 9.25. The number of hydrogen-bond donors (Lipinski definition) is 0. The molecule has 22 heavy (non-hydrogen) atoms. The summed E-state index contributed by atoms with van der Waals surface area (Å²) in [6, 6.07) is 3.06. The van der Waals surface area contributed by atoms with Gasteiger partial charge in [0.25, 0.3) is 0 Å². The summed E-state index contributed by atoms with van der Waals surface area (Å²) in [6.07, 6.45) is 19.0. The Morgan fingerprint density at radius 1 is 0.409 bits per heavy atom. The smallest absolute Gasteiger partial charge is 0.0132 e. The van der Waals surface area contributed by atoms with Crippen LogP contribution in [0.1, 0.15) is 77.0 Å². The summed E-state index contributed by atoms with van der Waals surface area (Å²) in [7, 11) is 0. The molecule has 6 aliphatic rings. The highest BCUT2D eigenvalue weighted by molar-refractivity contribution is 5.07. The van der Waals surface area contributed by atoms with E-state index in [9.17, 15) is 0 Å². The van der Waals surface area contributed by atoms with Gasteiger partial charge in [0.15, 0.2) is 0 Å². The molecule has 1 nitrogen and oxygen atoms in total. The average molecular weight is 300 g/mol. The molecular weight excluding hydrogens is 266 g/mol. The van der Waals surface area contributed by atoms with E-state index in [1.165, 1.54) is 0 Å². The molecule has 0 aliphatic heterocycles. The van der Waals surface area contributed by atoms with Crippen molar-refractivity contribution in [2.45, 2.75) is 95.2 Å². The molecule has 6 fully saturated rings. The van der Waals surface area contributed by atoms with E-state index >= 15 is 0 Å². The molecule has 9 atom stereocenters. The van der Waals surface area contributed by atoms with Crippen LogP contribution in [-0.4, -0.2) is 23.0 Å². The van der Waals surface area contributed by atoms with Crippen molar-refractivity contribution in [1.29, 1.82) is 0 Å². The zero-order valence-electron chi connectivity index (χ0n) is 14.1. The Labute approximate surface area is 136 Å². The molecule has 6 rings (SSSR count). The summed E-state index contributed by atoms with van der Waals surface area (Å²) in [5.74, 6) is 6.66. The van der Waals surface area contributed by atoms with Gasteiger partial charge < -0.3 is 0 Å². The van der Waals surface area contributed by atoms with Crippen molar-refractivity contribution in [2.24, 2.45) is 35.5 Å². The lowest BCUT2D eigenvalue weighted by molar-refractivity contribution is 0.00000710. The van der Waals surface area contributed by atoms with Crippen molar-refractivity contribution in [2.75, 3.05) is 0 Å². The fourth-order valence-corrected chi connectivity index (χ4v) is 8.47. The van der Waals surface area contributed by atoms with E-state index in [0.29, 0.717) is 0 Å². The maximum Gasteiger partial charge on any atom is 0.0132 e. The van der Waals surface area contributed by atoms with Crippen molar-refractivity contribution in [3.05, 3.63) is 0 Å². The van der Waals surface area contributed by atoms with E-state index in [0.717, 1.165) is 53.6 Å². The normalized spacial score (nSPS) is 58.5. The second-order valence-corrected chi connectivity index (χ2v) is 10.2. The van der Waals surface area contributed by atoms with E-state index in [1.807, 2.05) is 0 Å². The monoisotopic (exact) mass is 299 g/mol. The summed E-state index contributed by atoms with van der Waals surface area (Å²) in [4.78, 5) is 3.26. The SMILES string of the molecule is C1CC2CC1CC2N(C1CC2CCC1C2)C1CC2CCC1C2. The maximum atomic E-state index is 3.26. The highest BCUT2D eigenvalue weighted by Crippen LogP contribution is 2.56. The predicted octanol–water partition coefficient (Wildman–Crippen LogP) is 4.85. The van der Waals surface area contributed by atoms with E-state index in [2.05, 4.69) is 4.90 Å². The topological polar surface area (TPSA) is 3.24 Å². The summed E-state index contributed by atoms with van der Waals surface area (Å²) < 4.78 is 0. The van der Waals surface area contributed by atoms with Crippen LogP contribution in [0.25, 0.3) is 0 Å². The van der Waals surface area contributed by atoms with Crippen molar-refractivity contribution in [1.82, 2.24) is 4.90 Å². The Morgan fingerprint density at radius 3 is 1.00 bits per heavy atom. The number of nitrogens with zero attached hydrogens (tertiary/aromatic N) is 1. The second kappa shape index (κ2) is 4.74. The third kappa shape index (κ3) is 1.81. The second-order valence-electron chi connectivity index (χ2n) is 10.2. The Morgan fingerprint density at radius 2 is 0.773 bits per heavy atom. The lowest BCUT2D eigenvalue weighted by atomic mass is 9.83. The van der Waals surface area contributed by atoms with Crippen molar-refractivity contribution < 1.29 is 0 Å². The van der Waals surface area contributed by atoms with Crippen LogP contribution in [-0.2, 0) is 0 Å². The van der Waals surface area contributed by atoms with Crippen LogP contribution in [0.3, 0.4) is 0 Å².